The number of aliphatic hydroxyl groups excluding tert-OH is 1. The van der Waals surface area contributed by atoms with E-state index < -0.39 is 17.8 Å². The Hall–Kier alpha value is -1.23. The Morgan fingerprint density at radius 3 is 1.90 bits per heavy atom. The lowest BCUT2D eigenvalue weighted by molar-refractivity contribution is -0.137. The van der Waals surface area contributed by atoms with Crippen LogP contribution < -0.4 is 0 Å². The molecule has 0 spiro atoms. The zero-order valence-electron chi connectivity index (χ0n) is 9.96. The van der Waals surface area contributed by atoms with E-state index in [2.05, 4.69) is 0 Å². The van der Waals surface area contributed by atoms with Gasteiger partial charge in [-0.15, -0.1) is 0 Å². The molecule has 2 aromatic carbocycles. The van der Waals surface area contributed by atoms with Crippen LogP contribution in [0, 0.1) is 0 Å². The summed E-state index contributed by atoms with van der Waals surface area (Å²) in [5, 5.41) is 10.7. The number of rotatable bonds is 2. The molecular weight excluding hydrogens is 312 g/mol. The minimum Gasteiger partial charge on any atom is -0.384 e. The number of hydrogen-bond donors (Lipinski definition) is 1. The van der Waals surface area contributed by atoms with Crippen LogP contribution in [0.5, 0.6) is 0 Å². The Morgan fingerprint density at radius 1 is 0.850 bits per heavy atom. The first-order valence-corrected chi connectivity index (χ1v) is 6.35. The molecule has 1 nitrogen and oxygen atoms in total. The summed E-state index contributed by atoms with van der Waals surface area (Å²) in [5.74, 6) is 0. The Morgan fingerprint density at radius 2 is 1.40 bits per heavy atom. The molecule has 0 aromatic heterocycles. The number of aliphatic hydroxyl groups is 1. The second kappa shape index (κ2) is 5.64. The molecule has 20 heavy (non-hydrogen) atoms. The number of hydrogen-bond acceptors (Lipinski definition) is 1. The van der Waals surface area contributed by atoms with Crippen LogP contribution in [0.2, 0.25) is 10.0 Å². The SMILES string of the molecule is OC(c1ccc(C(F)(F)F)cc1)c1ccc(Cl)c(Cl)c1. The normalized spacial score (nSPS) is 13.3. The molecule has 0 amide bonds. The Kier molecular flexibility index (Phi) is 4.28. The third-order valence-electron chi connectivity index (χ3n) is 2.81. The van der Waals surface area contributed by atoms with Crippen LogP contribution >= 0.6 is 23.2 Å². The van der Waals surface area contributed by atoms with Crippen molar-refractivity contribution >= 4 is 23.2 Å². The van der Waals surface area contributed by atoms with Crippen molar-refractivity contribution in [3.8, 4) is 0 Å². The molecular formula is C14H9Cl2F3O. The van der Waals surface area contributed by atoms with Crippen LogP contribution in [0.15, 0.2) is 42.5 Å². The van der Waals surface area contributed by atoms with E-state index in [0.717, 1.165) is 12.1 Å². The summed E-state index contributed by atoms with van der Waals surface area (Å²) in [4.78, 5) is 0. The highest BCUT2D eigenvalue weighted by Gasteiger charge is 2.30. The van der Waals surface area contributed by atoms with Crippen LogP contribution in [0.25, 0.3) is 0 Å². The lowest BCUT2D eigenvalue weighted by Crippen LogP contribution is -2.06. The van der Waals surface area contributed by atoms with Crippen LogP contribution in [-0.2, 0) is 6.18 Å². The van der Waals surface area contributed by atoms with Gasteiger partial charge >= 0.3 is 6.18 Å². The monoisotopic (exact) mass is 320 g/mol. The molecule has 0 saturated heterocycles. The van der Waals surface area contributed by atoms with E-state index in [4.69, 9.17) is 23.2 Å². The fourth-order valence-corrected chi connectivity index (χ4v) is 2.04. The lowest BCUT2D eigenvalue weighted by Gasteiger charge is -2.13. The van der Waals surface area contributed by atoms with Gasteiger partial charge in [0.15, 0.2) is 0 Å². The maximum absolute atomic E-state index is 12.4. The molecule has 1 N–H and O–H groups in total. The van der Waals surface area contributed by atoms with E-state index in [1.165, 1.54) is 24.3 Å². The van der Waals surface area contributed by atoms with Gasteiger partial charge in [-0.25, -0.2) is 0 Å². The van der Waals surface area contributed by atoms with Gasteiger partial charge in [-0.05, 0) is 35.4 Å². The lowest BCUT2D eigenvalue weighted by atomic mass is 10.0. The summed E-state index contributed by atoms with van der Waals surface area (Å²) in [7, 11) is 0. The van der Waals surface area contributed by atoms with Crippen molar-refractivity contribution in [2.75, 3.05) is 0 Å². The molecule has 106 valence electrons. The van der Waals surface area contributed by atoms with Gasteiger partial charge < -0.3 is 5.11 Å². The van der Waals surface area contributed by atoms with Gasteiger partial charge in [0.05, 0.1) is 15.6 Å². The standard InChI is InChI=1S/C14H9Cl2F3O/c15-11-6-3-9(7-12(11)16)13(20)8-1-4-10(5-2-8)14(17,18)19/h1-7,13,20H. The van der Waals surface area contributed by atoms with Crippen molar-refractivity contribution in [1.82, 2.24) is 0 Å². The molecule has 0 radical (unpaired) electrons. The molecule has 2 rings (SSSR count). The van der Waals surface area contributed by atoms with E-state index in [9.17, 15) is 18.3 Å². The van der Waals surface area contributed by atoms with Gasteiger partial charge in [0.25, 0.3) is 0 Å². The molecule has 6 heteroatoms. The van der Waals surface area contributed by atoms with Crippen molar-refractivity contribution < 1.29 is 18.3 Å². The number of halogens is 5. The van der Waals surface area contributed by atoms with Gasteiger partial charge in [-0.3, -0.25) is 0 Å². The second-order valence-electron chi connectivity index (χ2n) is 4.20. The zero-order valence-corrected chi connectivity index (χ0v) is 11.5. The van der Waals surface area contributed by atoms with Crippen LogP contribution in [0.1, 0.15) is 22.8 Å². The molecule has 0 aliphatic heterocycles. The first-order valence-electron chi connectivity index (χ1n) is 5.59. The van der Waals surface area contributed by atoms with Gasteiger partial charge in [-0.1, -0.05) is 41.4 Å². The maximum Gasteiger partial charge on any atom is 0.416 e. The minimum atomic E-state index is -4.40. The fourth-order valence-electron chi connectivity index (χ4n) is 1.73. The summed E-state index contributed by atoms with van der Waals surface area (Å²) >= 11 is 11.6. The fraction of sp³-hybridized carbons (Fsp3) is 0.143. The summed E-state index contributed by atoms with van der Waals surface area (Å²) in [6, 6.07) is 8.88. The maximum atomic E-state index is 12.4. The Labute approximate surface area is 123 Å². The Bertz CT molecular complexity index is 609. The molecule has 0 bridgehead atoms. The molecule has 0 saturated carbocycles. The van der Waals surface area contributed by atoms with E-state index in [1.807, 2.05) is 0 Å². The summed E-state index contributed by atoms with van der Waals surface area (Å²) in [6.45, 7) is 0. The molecule has 1 unspecified atom stereocenters. The van der Waals surface area contributed by atoms with Gasteiger partial charge in [0, 0.05) is 0 Å². The van der Waals surface area contributed by atoms with Gasteiger partial charge in [-0.2, -0.15) is 13.2 Å². The molecule has 2 aromatic rings. The van der Waals surface area contributed by atoms with Crippen molar-refractivity contribution in [1.29, 1.82) is 0 Å². The van der Waals surface area contributed by atoms with Crippen LogP contribution in [0.3, 0.4) is 0 Å². The largest absolute Gasteiger partial charge is 0.416 e. The third kappa shape index (κ3) is 3.26. The van der Waals surface area contributed by atoms with Crippen molar-refractivity contribution in [2.45, 2.75) is 12.3 Å². The molecule has 0 aliphatic rings. The molecule has 0 aliphatic carbocycles. The highest BCUT2D eigenvalue weighted by molar-refractivity contribution is 6.42. The average Bonchev–Trinajstić information content (AvgIpc) is 2.40. The van der Waals surface area contributed by atoms with Crippen molar-refractivity contribution in [2.24, 2.45) is 0 Å². The zero-order chi connectivity index (χ0) is 14.9. The second-order valence-corrected chi connectivity index (χ2v) is 5.01. The van der Waals surface area contributed by atoms with E-state index in [0.29, 0.717) is 16.1 Å². The van der Waals surface area contributed by atoms with E-state index in [1.54, 1.807) is 6.07 Å². The summed E-state index contributed by atoms with van der Waals surface area (Å²) < 4.78 is 37.3. The quantitative estimate of drug-likeness (QED) is 0.816. The highest BCUT2D eigenvalue weighted by atomic mass is 35.5. The Balaban J connectivity index is 2.29. The molecule has 1 atom stereocenters. The molecule has 0 heterocycles. The van der Waals surface area contributed by atoms with Crippen LogP contribution in [-0.4, -0.2) is 5.11 Å². The average molecular weight is 321 g/mol. The third-order valence-corrected chi connectivity index (χ3v) is 3.55. The van der Waals surface area contributed by atoms with Crippen molar-refractivity contribution in [3.05, 3.63) is 69.2 Å². The minimum absolute atomic E-state index is 0.273. The smallest absolute Gasteiger partial charge is 0.384 e. The number of alkyl halides is 3. The number of benzene rings is 2. The van der Waals surface area contributed by atoms with Gasteiger partial charge in [0.1, 0.15) is 6.10 Å². The van der Waals surface area contributed by atoms with Crippen molar-refractivity contribution in [3.63, 3.8) is 0 Å². The first kappa shape index (κ1) is 15.2. The van der Waals surface area contributed by atoms with Crippen LogP contribution in [0.4, 0.5) is 13.2 Å². The first-order chi connectivity index (χ1) is 9.29. The topological polar surface area (TPSA) is 20.2 Å². The highest BCUT2D eigenvalue weighted by Crippen LogP contribution is 2.32. The predicted molar refractivity (Wildman–Crippen MR) is 72.0 cm³/mol. The van der Waals surface area contributed by atoms with Gasteiger partial charge in [0.2, 0.25) is 0 Å². The summed E-state index contributed by atoms with van der Waals surface area (Å²) in [6.07, 6.45) is -5.46. The van der Waals surface area contributed by atoms with E-state index in [-0.39, 0.29) is 5.02 Å². The predicted octanol–water partition coefficient (Wildman–Crippen LogP) is 5.09. The summed E-state index contributed by atoms with van der Waals surface area (Å²) in [5.41, 5.74) is 0.0399. The van der Waals surface area contributed by atoms with E-state index >= 15 is 0 Å². The molecule has 0 fully saturated rings.